The molecule has 0 aliphatic carbocycles. The summed E-state index contributed by atoms with van der Waals surface area (Å²) in [5, 5.41) is 3.64. The zero-order valence-corrected chi connectivity index (χ0v) is 12.2. The van der Waals surface area contributed by atoms with Crippen LogP contribution in [0, 0.1) is 0 Å². The van der Waals surface area contributed by atoms with Crippen LogP contribution in [0.25, 0.3) is 0 Å². The summed E-state index contributed by atoms with van der Waals surface area (Å²) in [5.41, 5.74) is 0.637. The topological polar surface area (TPSA) is 42.2 Å². The fourth-order valence-electron chi connectivity index (χ4n) is 1.41. The summed E-state index contributed by atoms with van der Waals surface area (Å²) in [6, 6.07) is 8.69. The molecule has 1 aromatic heterocycles. The maximum Gasteiger partial charge on any atom is 0.234 e. The molecule has 0 radical (unpaired) electrons. The predicted molar refractivity (Wildman–Crippen MR) is 80.0 cm³/mol. The first-order valence-electron chi connectivity index (χ1n) is 5.50. The number of benzene rings is 1. The van der Waals surface area contributed by atoms with E-state index < -0.39 is 0 Å². The van der Waals surface area contributed by atoms with Crippen LogP contribution in [0.5, 0.6) is 0 Å². The molecule has 0 saturated heterocycles. The Morgan fingerprint density at radius 2 is 2.11 bits per heavy atom. The van der Waals surface area contributed by atoms with Gasteiger partial charge in [0.15, 0.2) is 0 Å². The summed E-state index contributed by atoms with van der Waals surface area (Å²) in [6.45, 7) is 0. The van der Waals surface area contributed by atoms with Gasteiger partial charge in [-0.1, -0.05) is 23.2 Å². The Morgan fingerprint density at radius 1 is 1.26 bits per heavy atom. The van der Waals surface area contributed by atoms with Crippen LogP contribution in [0.15, 0.2) is 41.0 Å². The smallest absolute Gasteiger partial charge is 0.234 e. The average molecular weight is 316 g/mol. The van der Waals surface area contributed by atoms with E-state index in [2.05, 4.69) is 5.32 Å². The Bertz CT molecular complexity index is 558. The monoisotopic (exact) mass is 315 g/mol. The molecule has 0 fully saturated rings. The number of nitrogens with one attached hydrogen (secondary N) is 1. The van der Waals surface area contributed by atoms with Gasteiger partial charge in [-0.25, -0.2) is 0 Å². The van der Waals surface area contributed by atoms with Crippen molar-refractivity contribution in [3.8, 4) is 0 Å². The van der Waals surface area contributed by atoms with E-state index >= 15 is 0 Å². The van der Waals surface area contributed by atoms with E-state index in [1.165, 1.54) is 11.8 Å². The minimum absolute atomic E-state index is 0.0880. The van der Waals surface area contributed by atoms with Gasteiger partial charge in [-0.3, -0.25) is 4.79 Å². The first-order valence-corrected chi connectivity index (χ1v) is 7.41. The fraction of sp³-hybridized carbons (Fsp3) is 0.154. The van der Waals surface area contributed by atoms with Gasteiger partial charge in [0.2, 0.25) is 5.91 Å². The van der Waals surface area contributed by atoms with E-state index in [0.29, 0.717) is 27.2 Å². The fourth-order valence-corrected chi connectivity index (χ4v) is 2.43. The lowest BCUT2D eigenvalue weighted by Crippen LogP contribution is -2.14. The van der Waals surface area contributed by atoms with Crippen LogP contribution in [0.4, 0.5) is 5.69 Å². The van der Waals surface area contributed by atoms with Crippen molar-refractivity contribution >= 4 is 46.6 Å². The van der Waals surface area contributed by atoms with Gasteiger partial charge in [0.05, 0.1) is 27.8 Å². The molecule has 1 N–H and O–H groups in total. The number of carbonyl (C=O) groups excluding carboxylic acids is 1. The Balaban J connectivity index is 1.79. The molecule has 6 heteroatoms. The largest absolute Gasteiger partial charge is 0.468 e. The molecular weight excluding hydrogens is 305 g/mol. The molecule has 0 bridgehead atoms. The second kappa shape index (κ2) is 6.89. The van der Waals surface area contributed by atoms with Crippen molar-refractivity contribution in [1.82, 2.24) is 0 Å². The molecule has 2 aromatic rings. The number of furan rings is 1. The molecule has 0 spiro atoms. The van der Waals surface area contributed by atoms with E-state index in [9.17, 15) is 4.79 Å². The van der Waals surface area contributed by atoms with E-state index in [1.54, 1.807) is 24.5 Å². The predicted octanol–water partition coefficient (Wildman–Crippen LogP) is 4.46. The standard InChI is InChI=1S/C13H11Cl2NO2S/c14-11-4-3-9(6-12(11)15)16-13(17)8-19-7-10-2-1-5-18-10/h1-6H,7-8H2,(H,16,17). The first-order chi connectivity index (χ1) is 9.15. The van der Waals surface area contributed by atoms with Crippen molar-refractivity contribution < 1.29 is 9.21 Å². The number of carbonyl (C=O) groups is 1. The van der Waals surface area contributed by atoms with E-state index in [1.807, 2.05) is 12.1 Å². The van der Waals surface area contributed by atoms with Gasteiger partial charge in [0.25, 0.3) is 0 Å². The summed E-state index contributed by atoms with van der Waals surface area (Å²) in [6.07, 6.45) is 1.62. The maximum absolute atomic E-state index is 11.7. The van der Waals surface area contributed by atoms with Crippen LogP contribution in [-0.4, -0.2) is 11.7 Å². The average Bonchev–Trinajstić information content (AvgIpc) is 2.87. The highest BCUT2D eigenvalue weighted by Crippen LogP contribution is 2.25. The SMILES string of the molecule is O=C(CSCc1ccco1)Nc1ccc(Cl)c(Cl)c1. The van der Waals surface area contributed by atoms with Crippen molar-refractivity contribution in [2.24, 2.45) is 0 Å². The third-order valence-corrected chi connectivity index (χ3v) is 3.95. The van der Waals surface area contributed by atoms with Crippen LogP contribution in [0.2, 0.25) is 10.0 Å². The third-order valence-electron chi connectivity index (χ3n) is 2.26. The Kier molecular flexibility index (Phi) is 5.19. The molecule has 100 valence electrons. The summed E-state index contributed by atoms with van der Waals surface area (Å²) in [4.78, 5) is 11.7. The lowest BCUT2D eigenvalue weighted by molar-refractivity contribution is -0.113. The summed E-state index contributed by atoms with van der Waals surface area (Å²) < 4.78 is 5.18. The molecule has 0 atom stereocenters. The van der Waals surface area contributed by atoms with Crippen LogP contribution in [-0.2, 0) is 10.5 Å². The van der Waals surface area contributed by atoms with E-state index in [0.717, 1.165) is 5.76 Å². The van der Waals surface area contributed by atoms with E-state index in [4.69, 9.17) is 27.6 Å². The highest BCUT2D eigenvalue weighted by atomic mass is 35.5. The second-order valence-electron chi connectivity index (χ2n) is 3.75. The van der Waals surface area contributed by atoms with Gasteiger partial charge in [-0.2, -0.15) is 0 Å². The second-order valence-corrected chi connectivity index (χ2v) is 5.55. The molecule has 19 heavy (non-hydrogen) atoms. The Labute approximate surface area is 125 Å². The minimum Gasteiger partial charge on any atom is -0.468 e. The molecule has 0 aliphatic rings. The van der Waals surface area contributed by atoms with Gasteiger partial charge in [0.1, 0.15) is 5.76 Å². The van der Waals surface area contributed by atoms with Gasteiger partial charge in [-0.05, 0) is 30.3 Å². The molecule has 0 saturated carbocycles. The zero-order valence-electron chi connectivity index (χ0n) is 9.86. The van der Waals surface area contributed by atoms with Crippen LogP contribution < -0.4 is 5.32 Å². The summed E-state index contributed by atoms with van der Waals surface area (Å²) in [5.74, 6) is 1.78. The van der Waals surface area contributed by atoms with Gasteiger partial charge in [0, 0.05) is 5.69 Å². The number of rotatable bonds is 5. The van der Waals surface area contributed by atoms with Crippen LogP contribution in [0.1, 0.15) is 5.76 Å². The summed E-state index contributed by atoms with van der Waals surface area (Å²) in [7, 11) is 0. The lowest BCUT2D eigenvalue weighted by atomic mass is 10.3. The van der Waals surface area contributed by atoms with Gasteiger partial charge in [-0.15, -0.1) is 11.8 Å². The first kappa shape index (κ1) is 14.3. The van der Waals surface area contributed by atoms with Crippen molar-refractivity contribution in [3.05, 3.63) is 52.4 Å². The third kappa shape index (κ3) is 4.49. The molecule has 0 aliphatic heterocycles. The van der Waals surface area contributed by atoms with Crippen LogP contribution >= 0.6 is 35.0 Å². The number of hydrogen-bond donors (Lipinski definition) is 1. The molecular formula is C13H11Cl2NO2S. The van der Waals surface area contributed by atoms with Crippen molar-refractivity contribution in [2.45, 2.75) is 5.75 Å². The highest BCUT2D eigenvalue weighted by Gasteiger charge is 2.05. The molecule has 2 rings (SSSR count). The molecule has 1 heterocycles. The Morgan fingerprint density at radius 3 is 2.79 bits per heavy atom. The highest BCUT2D eigenvalue weighted by molar-refractivity contribution is 7.99. The van der Waals surface area contributed by atoms with Crippen molar-refractivity contribution in [3.63, 3.8) is 0 Å². The molecule has 1 amide bonds. The van der Waals surface area contributed by atoms with Gasteiger partial charge >= 0.3 is 0 Å². The number of amides is 1. The lowest BCUT2D eigenvalue weighted by Gasteiger charge is -2.05. The summed E-state index contributed by atoms with van der Waals surface area (Å²) >= 11 is 13.1. The van der Waals surface area contributed by atoms with E-state index in [-0.39, 0.29) is 5.91 Å². The number of halogens is 2. The molecule has 0 unspecified atom stereocenters. The normalized spacial score (nSPS) is 10.4. The van der Waals surface area contributed by atoms with Crippen LogP contribution in [0.3, 0.4) is 0 Å². The maximum atomic E-state index is 11.7. The molecule has 3 nitrogen and oxygen atoms in total. The number of anilines is 1. The van der Waals surface area contributed by atoms with Crippen molar-refractivity contribution in [1.29, 1.82) is 0 Å². The quantitative estimate of drug-likeness (QED) is 0.885. The molecule has 1 aromatic carbocycles. The number of thioether (sulfide) groups is 1. The Hall–Kier alpha value is -1.10. The zero-order chi connectivity index (χ0) is 13.7. The van der Waals surface area contributed by atoms with Gasteiger partial charge < -0.3 is 9.73 Å². The number of hydrogen-bond acceptors (Lipinski definition) is 3. The van der Waals surface area contributed by atoms with Crippen molar-refractivity contribution in [2.75, 3.05) is 11.1 Å². The minimum atomic E-state index is -0.0880.